The number of hydrogen-bond donors (Lipinski definition) is 0. The van der Waals surface area contributed by atoms with Crippen LogP contribution >= 0.6 is 0 Å². The zero-order valence-electron chi connectivity index (χ0n) is 13.1. The van der Waals surface area contributed by atoms with Crippen molar-refractivity contribution in [1.29, 1.82) is 0 Å². The molecule has 24 heavy (non-hydrogen) atoms. The number of aromatic nitrogens is 2. The summed E-state index contributed by atoms with van der Waals surface area (Å²) >= 11 is 0. The van der Waals surface area contributed by atoms with Crippen LogP contribution < -0.4 is 9.47 Å². The molecule has 1 aromatic carbocycles. The lowest BCUT2D eigenvalue weighted by Gasteiger charge is -2.11. The standard InChI is InChI=1S/C18H14N2O4/c1-21-11-7-8-12(22-2)16-15(11)19-17(13-5-3-9-23-13)18(20-16)14-6-4-10-24-14/h3-10H,1-2H3. The van der Waals surface area contributed by atoms with Gasteiger partial charge in [-0.3, -0.25) is 0 Å². The van der Waals surface area contributed by atoms with E-state index in [1.165, 1.54) is 0 Å². The first-order valence-electron chi connectivity index (χ1n) is 7.32. The Balaban J connectivity index is 2.10. The van der Waals surface area contributed by atoms with E-state index in [1.807, 2.05) is 12.1 Å². The fourth-order valence-corrected chi connectivity index (χ4v) is 2.59. The molecule has 3 aromatic heterocycles. The Morgan fingerprint density at radius 2 is 1.17 bits per heavy atom. The van der Waals surface area contributed by atoms with E-state index in [4.69, 9.17) is 28.3 Å². The van der Waals surface area contributed by atoms with Gasteiger partial charge in [0.05, 0.1) is 26.7 Å². The van der Waals surface area contributed by atoms with E-state index < -0.39 is 0 Å². The monoisotopic (exact) mass is 322 g/mol. The molecule has 3 heterocycles. The zero-order valence-corrected chi connectivity index (χ0v) is 13.1. The molecular weight excluding hydrogens is 308 g/mol. The largest absolute Gasteiger partial charge is 0.494 e. The van der Waals surface area contributed by atoms with Crippen molar-refractivity contribution in [2.75, 3.05) is 14.2 Å². The van der Waals surface area contributed by atoms with Gasteiger partial charge in [0.1, 0.15) is 33.9 Å². The molecule has 0 fully saturated rings. The van der Waals surface area contributed by atoms with Gasteiger partial charge >= 0.3 is 0 Å². The molecule has 0 bridgehead atoms. The van der Waals surface area contributed by atoms with Crippen molar-refractivity contribution in [2.24, 2.45) is 0 Å². The minimum Gasteiger partial charge on any atom is -0.494 e. The van der Waals surface area contributed by atoms with Crippen molar-refractivity contribution in [1.82, 2.24) is 9.97 Å². The third kappa shape index (κ3) is 2.20. The van der Waals surface area contributed by atoms with Gasteiger partial charge in [0.25, 0.3) is 0 Å². The van der Waals surface area contributed by atoms with Crippen LogP contribution in [0.15, 0.2) is 57.8 Å². The average Bonchev–Trinajstić information content (AvgIpc) is 3.32. The Kier molecular flexibility index (Phi) is 3.42. The van der Waals surface area contributed by atoms with Gasteiger partial charge in [0.2, 0.25) is 0 Å². The van der Waals surface area contributed by atoms with Crippen molar-refractivity contribution in [3.63, 3.8) is 0 Å². The second-order valence-corrected chi connectivity index (χ2v) is 5.04. The van der Waals surface area contributed by atoms with Crippen molar-refractivity contribution in [2.45, 2.75) is 0 Å². The second-order valence-electron chi connectivity index (χ2n) is 5.04. The minimum absolute atomic E-state index is 0.578. The maximum atomic E-state index is 5.52. The molecule has 0 aliphatic heterocycles. The number of furan rings is 2. The molecule has 0 aliphatic carbocycles. The Bertz CT molecular complexity index is 895. The number of benzene rings is 1. The molecule has 0 radical (unpaired) electrons. The van der Waals surface area contributed by atoms with Crippen LogP contribution in [0.5, 0.6) is 11.5 Å². The fraction of sp³-hybridized carbons (Fsp3) is 0.111. The lowest BCUT2D eigenvalue weighted by Crippen LogP contribution is -1.98. The highest BCUT2D eigenvalue weighted by Crippen LogP contribution is 2.37. The van der Waals surface area contributed by atoms with E-state index in [9.17, 15) is 0 Å². The molecular formula is C18H14N2O4. The summed E-state index contributed by atoms with van der Waals surface area (Å²) in [5.74, 6) is 2.41. The molecule has 0 aliphatic rings. The molecule has 0 saturated carbocycles. The molecule has 120 valence electrons. The summed E-state index contributed by atoms with van der Waals surface area (Å²) in [6, 6.07) is 10.9. The predicted molar refractivity (Wildman–Crippen MR) is 88.0 cm³/mol. The van der Waals surface area contributed by atoms with E-state index in [2.05, 4.69) is 0 Å². The van der Waals surface area contributed by atoms with Gasteiger partial charge in [0.15, 0.2) is 11.5 Å². The summed E-state index contributed by atoms with van der Waals surface area (Å²) in [6.07, 6.45) is 3.19. The zero-order chi connectivity index (χ0) is 16.5. The van der Waals surface area contributed by atoms with Gasteiger partial charge in [-0.05, 0) is 36.4 Å². The first kappa shape index (κ1) is 14.3. The van der Waals surface area contributed by atoms with Gasteiger partial charge in [-0.2, -0.15) is 0 Å². The molecule has 6 heteroatoms. The molecule has 0 spiro atoms. The quantitative estimate of drug-likeness (QED) is 0.561. The van der Waals surface area contributed by atoms with E-state index >= 15 is 0 Å². The van der Waals surface area contributed by atoms with Crippen molar-refractivity contribution < 1.29 is 18.3 Å². The third-order valence-corrected chi connectivity index (χ3v) is 3.70. The summed E-state index contributed by atoms with van der Waals surface area (Å²) in [7, 11) is 3.19. The highest BCUT2D eigenvalue weighted by Gasteiger charge is 2.20. The fourth-order valence-electron chi connectivity index (χ4n) is 2.59. The smallest absolute Gasteiger partial charge is 0.154 e. The predicted octanol–water partition coefficient (Wildman–Crippen LogP) is 4.17. The van der Waals surface area contributed by atoms with Crippen LogP contribution in [0.4, 0.5) is 0 Å². The number of hydrogen-bond acceptors (Lipinski definition) is 6. The van der Waals surface area contributed by atoms with Crippen LogP contribution in [0.2, 0.25) is 0 Å². The highest BCUT2D eigenvalue weighted by atomic mass is 16.5. The van der Waals surface area contributed by atoms with Gasteiger partial charge in [0, 0.05) is 0 Å². The summed E-state index contributed by atoms with van der Waals surface area (Å²) in [6.45, 7) is 0. The summed E-state index contributed by atoms with van der Waals surface area (Å²) < 4.78 is 21.9. The third-order valence-electron chi connectivity index (χ3n) is 3.70. The van der Waals surface area contributed by atoms with Crippen LogP contribution in [0, 0.1) is 0 Å². The molecule has 4 aromatic rings. The maximum Gasteiger partial charge on any atom is 0.154 e. The van der Waals surface area contributed by atoms with Crippen LogP contribution in [-0.4, -0.2) is 24.2 Å². The lowest BCUT2D eigenvalue weighted by atomic mass is 10.1. The van der Waals surface area contributed by atoms with E-state index in [-0.39, 0.29) is 0 Å². The molecule has 0 N–H and O–H groups in total. The van der Waals surface area contributed by atoms with Crippen molar-refractivity contribution >= 4 is 11.0 Å². The van der Waals surface area contributed by atoms with Gasteiger partial charge in [-0.15, -0.1) is 0 Å². The summed E-state index contributed by atoms with van der Waals surface area (Å²) in [5.41, 5.74) is 2.35. The first-order valence-corrected chi connectivity index (χ1v) is 7.32. The SMILES string of the molecule is COc1ccc(OC)c2nc(-c3ccco3)c(-c3ccco3)nc12. The maximum absolute atomic E-state index is 5.52. The number of methoxy groups -OCH3 is 2. The Morgan fingerprint density at radius 1 is 0.708 bits per heavy atom. The van der Waals surface area contributed by atoms with Crippen LogP contribution in [0.25, 0.3) is 33.9 Å². The van der Waals surface area contributed by atoms with Crippen molar-refractivity contribution in [3.05, 3.63) is 48.9 Å². The molecule has 0 saturated heterocycles. The Labute approximate surface area is 137 Å². The number of ether oxygens (including phenoxy) is 2. The van der Waals surface area contributed by atoms with Gasteiger partial charge in [-0.1, -0.05) is 0 Å². The Hall–Kier alpha value is -3.28. The molecule has 6 nitrogen and oxygen atoms in total. The summed E-state index contributed by atoms with van der Waals surface area (Å²) in [5, 5.41) is 0. The number of fused-ring (bicyclic) bond motifs is 1. The van der Waals surface area contributed by atoms with E-state index in [0.717, 1.165) is 0 Å². The van der Waals surface area contributed by atoms with Crippen LogP contribution in [-0.2, 0) is 0 Å². The molecule has 4 rings (SSSR count). The highest BCUT2D eigenvalue weighted by molar-refractivity contribution is 5.91. The second kappa shape index (κ2) is 5.73. The summed E-state index contributed by atoms with van der Waals surface area (Å²) in [4.78, 5) is 9.46. The van der Waals surface area contributed by atoms with Gasteiger partial charge in [-0.25, -0.2) is 9.97 Å². The topological polar surface area (TPSA) is 70.5 Å². The molecule has 0 atom stereocenters. The molecule has 0 amide bonds. The lowest BCUT2D eigenvalue weighted by molar-refractivity contribution is 0.409. The normalized spacial score (nSPS) is 10.9. The van der Waals surface area contributed by atoms with Crippen LogP contribution in [0.3, 0.4) is 0 Å². The van der Waals surface area contributed by atoms with E-state index in [0.29, 0.717) is 45.4 Å². The van der Waals surface area contributed by atoms with E-state index in [1.54, 1.807) is 51.0 Å². The minimum atomic E-state index is 0.578. The van der Waals surface area contributed by atoms with Crippen molar-refractivity contribution in [3.8, 4) is 34.4 Å². The first-order chi connectivity index (χ1) is 11.8. The number of nitrogens with zero attached hydrogens (tertiary/aromatic N) is 2. The molecule has 0 unspecified atom stereocenters. The average molecular weight is 322 g/mol. The van der Waals surface area contributed by atoms with Crippen LogP contribution in [0.1, 0.15) is 0 Å². The number of rotatable bonds is 4. The van der Waals surface area contributed by atoms with Gasteiger partial charge < -0.3 is 18.3 Å². The Morgan fingerprint density at radius 3 is 1.50 bits per heavy atom.